The second kappa shape index (κ2) is 8.47. The van der Waals surface area contributed by atoms with Crippen LogP contribution >= 0.6 is 0 Å². The van der Waals surface area contributed by atoms with Crippen LogP contribution in [0.2, 0.25) is 0 Å². The number of nitrogens with one attached hydrogen (secondary N) is 2. The molecule has 0 saturated carbocycles. The summed E-state index contributed by atoms with van der Waals surface area (Å²) in [6.45, 7) is 6.00. The Kier molecular flexibility index (Phi) is 5.84. The number of carbonyl (C=O) groups is 1. The first kappa shape index (κ1) is 19.3. The van der Waals surface area contributed by atoms with Crippen molar-refractivity contribution >= 4 is 5.91 Å². The second-order valence-electron chi connectivity index (χ2n) is 6.70. The van der Waals surface area contributed by atoms with Crippen LogP contribution in [0.25, 0.3) is 0 Å². The van der Waals surface area contributed by atoms with Crippen molar-refractivity contribution in [3.63, 3.8) is 0 Å². The van der Waals surface area contributed by atoms with Gasteiger partial charge in [-0.05, 0) is 43.2 Å². The number of pyridine rings is 3. The molecule has 3 aromatic heterocycles. The molecule has 0 aliphatic carbocycles. The van der Waals surface area contributed by atoms with Gasteiger partial charge in [0.15, 0.2) is 0 Å². The van der Waals surface area contributed by atoms with Crippen molar-refractivity contribution in [2.24, 2.45) is 0 Å². The minimum absolute atomic E-state index is 0.0680. The number of H-pyrrole nitrogens is 1. The van der Waals surface area contributed by atoms with E-state index in [0.29, 0.717) is 17.2 Å². The van der Waals surface area contributed by atoms with Gasteiger partial charge in [-0.15, -0.1) is 0 Å². The predicted octanol–water partition coefficient (Wildman–Crippen LogP) is 3.32. The first-order valence-electron chi connectivity index (χ1n) is 9.00. The SMILES string of the molecule is Cc1ccc(Oc2ncccc2CNC(=O)c2ccc(C(C)C)[nH]c2=O)cn1. The monoisotopic (exact) mass is 378 g/mol. The number of aryl methyl sites for hydroxylation is 1. The number of rotatable bonds is 6. The van der Waals surface area contributed by atoms with Crippen LogP contribution in [0.15, 0.2) is 53.6 Å². The molecule has 0 spiro atoms. The summed E-state index contributed by atoms with van der Waals surface area (Å²) in [6, 6.07) is 10.5. The topological polar surface area (TPSA) is 97.0 Å². The molecular formula is C21H22N4O3. The van der Waals surface area contributed by atoms with Gasteiger partial charge in [0.1, 0.15) is 11.3 Å². The Morgan fingerprint density at radius 1 is 1.18 bits per heavy atom. The van der Waals surface area contributed by atoms with Crippen LogP contribution in [0.5, 0.6) is 11.6 Å². The van der Waals surface area contributed by atoms with Gasteiger partial charge >= 0.3 is 0 Å². The Balaban J connectivity index is 1.72. The molecular weight excluding hydrogens is 356 g/mol. The number of hydrogen-bond acceptors (Lipinski definition) is 5. The highest BCUT2D eigenvalue weighted by Crippen LogP contribution is 2.22. The highest BCUT2D eigenvalue weighted by Gasteiger charge is 2.13. The minimum Gasteiger partial charge on any atom is -0.437 e. The lowest BCUT2D eigenvalue weighted by molar-refractivity contribution is 0.0949. The molecule has 0 aliphatic rings. The molecule has 3 rings (SSSR count). The maximum absolute atomic E-state index is 12.4. The van der Waals surface area contributed by atoms with Gasteiger partial charge in [0, 0.05) is 29.7 Å². The third-order valence-electron chi connectivity index (χ3n) is 4.19. The minimum atomic E-state index is -0.455. The molecule has 3 heterocycles. The fourth-order valence-electron chi connectivity index (χ4n) is 2.55. The molecule has 0 saturated heterocycles. The Morgan fingerprint density at radius 2 is 2.00 bits per heavy atom. The van der Waals surface area contributed by atoms with Gasteiger partial charge in [-0.1, -0.05) is 19.9 Å². The van der Waals surface area contributed by atoms with Gasteiger partial charge in [-0.2, -0.15) is 0 Å². The van der Waals surface area contributed by atoms with Crippen molar-refractivity contribution in [2.75, 3.05) is 0 Å². The van der Waals surface area contributed by atoms with Crippen LogP contribution in [0.4, 0.5) is 0 Å². The molecule has 0 atom stereocenters. The summed E-state index contributed by atoms with van der Waals surface area (Å²) in [4.78, 5) is 35.8. The zero-order valence-electron chi connectivity index (χ0n) is 16.0. The van der Waals surface area contributed by atoms with Gasteiger partial charge in [-0.3, -0.25) is 14.6 Å². The molecule has 7 heteroatoms. The van der Waals surface area contributed by atoms with Gasteiger partial charge in [0.25, 0.3) is 11.5 Å². The molecule has 1 amide bonds. The first-order valence-corrected chi connectivity index (χ1v) is 9.00. The summed E-state index contributed by atoms with van der Waals surface area (Å²) in [7, 11) is 0. The number of nitrogens with zero attached hydrogens (tertiary/aromatic N) is 2. The van der Waals surface area contributed by atoms with E-state index in [1.54, 1.807) is 42.7 Å². The predicted molar refractivity (Wildman–Crippen MR) is 106 cm³/mol. The van der Waals surface area contributed by atoms with E-state index in [1.807, 2.05) is 26.8 Å². The Labute approximate surface area is 162 Å². The highest BCUT2D eigenvalue weighted by atomic mass is 16.5. The van der Waals surface area contributed by atoms with Gasteiger partial charge in [0.2, 0.25) is 5.88 Å². The molecule has 144 valence electrons. The third kappa shape index (κ3) is 4.62. The molecule has 28 heavy (non-hydrogen) atoms. The van der Waals surface area contributed by atoms with Crippen LogP contribution in [0, 0.1) is 6.92 Å². The van der Waals surface area contributed by atoms with E-state index in [2.05, 4.69) is 20.3 Å². The number of ether oxygens (including phenoxy) is 1. The maximum atomic E-state index is 12.4. The Morgan fingerprint density at radius 3 is 2.68 bits per heavy atom. The summed E-state index contributed by atoms with van der Waals surface area (Å²) in [6.07, 6.45) is 3.22. The number of carbonyl (C=O) groups excluding carboxylic acids is 1. The summed E-state index contributed by atoms with van der Waals surface area (Å²) in [5, 5.41) is 2.75. The molecule has 0 aromatic carbocycles. The van der Waals surface area contributed by atoms with Crippen molar-refractivity contribution < 1.29 is 9.53 Å². The van der Waals surface area contributed by atoms with Crippen LogP contribution in [-0.2, 0) is 6.54 Å². The van der Waals surface area contributed by atoms with Gasteiger partial charge in [0.05, 0.1) is 6.20 Å². The van der Waals surface area contributed by atoms with Crippen LogP contribution < -0.4 is 15.6 Å². The lowest BCUT2D eigenvalue weighted by Gasteiger charge is -2.11. The molecule has 0 bridgehead atoms. The van der Waals surface area contributed by atoms with Crippen LogP contribution in [0.3, 0.4) is 0 Å². The van der Waals surface area contributed by atoms with Gasteiger partial charge in [-0.25, -0.2) is 4.98 Å². The van der Waals surface area contributed by atoms with E-state index in [4.69, 9.17) is 4.74 Å². The van der Waals surface area contributed by atoms with Crippen molar-refractivity contribution in [1.29, 1.82) is 0 Å². The standard InChI is InChI=1S/C21H22N4O3/c1-13(2)18-9-8-17(20(27)25-18)19(26)24-11-15-5-4-10-22-21(15)28-16-7-6-14(3)23-12-16/h4-10,12-13H,11H2,1-3H3,(H,24,26)(H,25,27). The van der Waals surface area contributed by atoms with Crippen molar-refractivity contribution in [3.8, 4) is 11.6 Å². The normalized spacial score (nSPS) is 10.7. The fraction of sp³-hybridized carbons (Fsp3) is 0.238. The smallest absolute Gasteiger partial charge is 0.261 e. The Bertz CT molecular complexity index is 1030. The van der Waals surface area contributed by atoms with Crippen LogP contribution in [-0.4, -0.2) is 20.9 Å². The summed E-state index contributed by atoms with van der Waals surface area (Å²) >= 11 is 0. The Hall–Kier alpha value is -3.48. The summed E-state index contributed by atoms with van der Waals surface area (Å²) < 4.78 is 5.78. The van der Waals surface area contributed by atoms with Crippen molar-refractivity contribution in [2.45, 2.75) is 33.2 Å². The molecule has 2 N–H and O–H groups in total. The average molecular weight is 378 g/mol. The lowest BCUT2D eigenvalue weighted by atomic mass is 10.1. The molecule has 0 unspecified atom stereocenters. The molecule has 0 aliphatic heterocycles. The van der Waals surface area contributed by atoms with Crippen molar-refractivity contribution in [3.05, 3.63) is 81.7 Å². The zero-order valence-corrected chi connectivity index (χ0v) is 16.0. The number of amides is 1. The third-order valence-corrected chi connectivity index (χ3v) is 4.19. The van der Waals surface area contributed by atoms with E-state index in [0.717, 1.165) is 11.4 Å². The van der Waals surface area contributed by atoms with E-state index < -0.39 is 11.5 Å². The first-order chi connectivity index (χ1) is 13.4. The van der Waals surface area contributed by atoms with Crippen molar-refractivity contribution in [1.82, 2.24) is 20.3 Å². The maximum Gasteiger partial charge on any atom is 0.261 e. The lowest BCUT2D eigenvalue weighted by Crippen LogP contribution is -2.29. The van der Waals surface area contributed by atoms with E-state index in [1.165, 1.54) is 0 Å². The average Bonchev–Trinajstić information content (AvgIpc) is 2.68. The highest BCUT2D eigenvalue weighted by molar-refractivity contribution is 5.93. The largest absolute Gasteiger partial charge is 0.437 e. The van der Waals surface area contributed by atoms with E-state index >= 15 is 0 Å². The molecule has 7 nitrogen and oxygen atoms in total. The molecule has 0 fully saturated rings. The molecule has 3 aromatic rings. The van der Waals surface area contributed by atoms with E-state index in [9.17, 15) is 9.59 Å². The summed E-state index contributed by atoms with van der Waals surface area (Å²) in [5.41, 5.74) is 2.02. The quantitative estimate of drug-likeness (QED) is 0.686. The van der Waals surface area contributed by atoms with Gasteiger partial charge < -0.3 is 15.0 Å². The van der Waals surface area contributed by atoms with E-state index in [-0.39, 0.29) is 18.0 Å². The van der Waals surface area contributed by atoms with Crippen LogP contribution in [0.1, 0.15) is 47.1 Å². The molecule has 0 radical (unpaired) electrons. The zero-order chi connectivity index (χ0) is 20.1. The second-order valence-corrected chi connectivity index (χ2v) is 6.70. The number of hydrogen-bond donors (Lipinski definition) is 2. The summed E-state index contributed by atoms with van der Waals surface area (Å²) in [5.74, 6) is 0.648. The number of aromatic nitrogens is 3. The fourth-order valence-corrected chi connectivity index (χ4v) is 2.55. The number of aromatic amines is 1.